The van der Waals surface area contributed by atoms with Gasteiger partial charge in [-0.25, -0.2) is 4.79 Å². The van der Waals surface area contributed by atoms with Gasteiger partial charge in [-0.3, -0.25) is 0 Å². The zero-order chi connectivity index (χ0) is 78.5. The van der Waals surface area contributed by atoms with Crippen LogP contribution < -0.4 is 4.74 Å². The Balaban J connectivity index is 0.906. The van der Waals surface area contributed by atoms with E-state index in [1.807, 2.05) is 18.2 Å². The van der Waals surface area contributed by atoms with E-state index in [9.17, 15) is 4.79 Å². The largest absolute Gasteiger partial charge is 0.494 e. The Labute approximate surface area is 663 Å². The number of hydrogen-bond acceptors (Lipinski definition) is 27. The molecule has 111 heavy (non-hydrogen) atoms. The van der Waals surface area contributed by atoms with Crippen LogP contribution in [0.15, 0.2) is 72.8 Å². The van der Waals surface area contributed by atoms with Crippen LogP contribution in [-0.2, 0) is 118 Å². The minimum atomic E-state index is -0.393. The van der Waals surface area contributed by atoms with Crippen molar-refractivity contribution in [3.8, 4) is 5.75 Å². The Bertz CT molecular complexity index is 2430. The van der Waals surface area contributed by atoms with Crippen molar-refractivity contribution in [2.45, 2.75) is 71.1 Å². The number of methoxy groups -OCH3 is 1. The summed E-state index contributed by atoms with van der Waals surface area (Å²) in [6.45, 7) is 25.7. The molecule has 0 radical (unpaired) electrons. The molecule has 0 saturated carbocycles. The van der Waals surface area contributed by atoms with E-state index in [0.29, 0.717) is 309 Å². The van der Waals surface area contributed by atoms with Crippen LogP contribution in [-0.4, -0.2) is 337 Å². The molecule has 0 heterocycles. The summed E-state index contributed by atoms with van der Waals surface area (Å²) >= 11 is 0. The van der Waals surface area contributed by atoms with Crippen LogP contribution in [0.4, 0.5) is 0 Å². The standard InChI is InChI=1S/C84H140O27/c1-3-4-5-6-7-8-9-10-11-12-29-110-83-27-23-81(24-28-83)20-18-79-15-13-78(14-16-79)17-19-80-21-25-82(26-22-80)84(85)111-77-76-109-75-74-108-73-72-107-71-70-106-69-68-105-67-66-104-65-64-103-63-62-102-61-60-101-59-58-100-57-56-99-55-54-98-53-52-97-51-50-96-49-48-95-47-46-94-45-44-93-43-42-92-41-40-91-39-38-90-37-36-89-35-34-88-33-32-87-31-30-86-2/h13-28H,3-12,29-77H2,1-2H3/b19-17+,20-18+. The Morgan fingerprint density at radius 2 is 0.396 bits per heavy atom. The molecule has 0 aromatic heterocycles. The number of carbonyl (C=O) groups excluding carboxylic acids is 1. The Kier molecular flexibility index (Phi) is 75.6. The number of hydrogen-bond donors (Lipinski definition) is 0. The summed E-state index contributed by atoms with van der Waals surface area (Å²) in [5.41, 5.74) is 4.80. The predicted octanol–water partition coefficient (Wildman–Crippen LogP) is 10.5. The van der Waals surface area contributed by atoms with Crippen molar-refractivity contribution in [3.05, 3.63) is 101 Å². The van der Waals surface area contributed by atoms with Gasteiger partial charge in [0.1, 0.15) is 12.4 Å². The topological polar surface area (TPSA) is 257 Å². The lowest BCUT2D eigenvalue weighted by atomic mass is 10.1. The first-order valence-corrected chi connectivity index (χ1v) is 40.4. The molecule has 3 aromatic carbocycles. The van der Waals surface area contributed by atoms with Crippen LogP contribution in [0.2, 0.25) is 0 Å². The van der Waals surface area contributed by atoms with Gasteiger partial charge in [-0.2, -0.15) is 0 Å². The fourth-order valence-electron chi connectivity index (χ4n) is 9.65. The number of carbonyl (C=O) groups is 1. The van der Waals surface area contributed by atoms with Crippen LogP contribution in [0.25, 0.3) is 24.3 Å². The lowest BCUT2D eigenvalue weighted by molar-refractivity contribution is -0.0320. The third kappa shape index (κ3) is 70.6. The molecule has 0 aliphatic rings. The first-order valence-electron chi connectivity index (χ1n) is 40.4. The molecular formula is C84H140O27. The Morgan fingerprint density at radius 3 is 0.613 bits per heavy atom. The lowest BCUT2D eigenvalue weighted by Gasteiger charge is -2.09. The lowest BCUT2D eigenvalue weighted by Crippen LogP contribution is -2.16. The van der Waals surface area contributed by atoms with E-state index in [0.717, 1.165) is 41.0 Å². The van der Waals surface area contributed by atoms with Crippen molar-refractivity contribution in [1.29, 1.82) is 0 Å². The summed E-state index contributed by atoms with van der Waals surface area (Å²) in [4.78, 5) is 12.6. The van der Waals surface area contributed by atoms with Crippen molar-refractivity contribution < 1.29 is 128 Å². The van der Waals surface area contributed by atoms with Gasteiger partial charge < -0.3 is 123 Å². The van der Waals surface area contributed by atoms with Gasteiger partial charge >= 0.3 is 5.97 Å². The van der Waals surface area contributed by atoms with Crippen LogP contribution in [0.1, 0.15) is 104 Å². The molecule has 0 unspecified atom stereocenters. The molecule has 0 saturated heterocycles. The molecule has 0 spiro atoms. The minimum Gasteiger partial charge on any atom is -0.494 e. The van der Waals surface area contributed by atoms with Gasteiger partial charge in [-0.05, 0) is 52.9 Å². The van der Waals surface area contributed by atoms with Crippen molar-refractivity contribution in [3.63, 3.8) is 0 Å². The zero-order valence-electron chi connectivity index (χ0n) is 67.5. The summed E-state index contributed by atoms with van der Waals surface area (Å²) in [6, 6.07) is 24.0. The molecule has 0 N–H and O–H groups in total. The van der Waals surface area contributed by atoms with Crippen LogP contribution >= 0.6 is 0 Å². The average Bonchev–Trinajstić information content (AvgIpc) is 0.884. The van der Waals surface area contributed by atoms with Crippen molar-refractivity contribution in [2.24, 2.45) is 0 Å². The molecule has 27 nitrogen and oxygen atoms in total. The van der Waals surface area contributed by atoms with Gasteiger partial charge in [-0.1, -0.05) is 138 Å². The summed E-state index contributed by atoms with van der Waals surface area (Å²) in [7, 11) is 1.64. The summed E-state index contributed by atoms with van der Waals surface area (Å²) in [5.74, 6) is 0.532. The van der Waals surface area contributed by atoms with E-state index < -0.39 is 5.97 Å². The maximum atomic E-state index is 12.6. The third-order valence-corrected chi connectivity index (χ3v) is 15.7. The molecule has 3 rings (SSSR count). The first kappa shape index (κ1) is 101. The molecule has 638 valence electrons. The molecule has 27 heteroatoms. The molecule has 0 aliphatic heterocycles. The molecule has 0 atom stereocenters. The number of ether oxygens (including phenoxy) is 26. The quantitative estimate of drug-likeness (QED) is 0.0289. The molecule has 0 aliphatic carbocycles. The van der Waals surface area contributed by atoms with Gasteiger partial charge in [0, 0.05) is 7.11 Å². The van der Waals surface area contributed by atoms with Crippen molar-refractivity contribution in [2.75, 3.05) is 331 Å². The van der Waals surface area contributed by atoms with Gasteiger partial charge in [0.05, 0.1) is 323 Å². The number of benzene rings is 3. The average molecular weight is 1580 g/mol. The maximum Gasteiger partial charge on any atom is 0.338 e. The Hall–Kier alpha value is -4.55. The Morgan fingerprint density at radius 1 is 0.216 bits per heavy atom. The van der Waals surface area contributed by atoms with Crippen LogP contribution in [0, 0.1) is 0 Å². The summed E-state index contributed by atoms with van der Waals surface area (Å²) < 4.78 is 143. The summed E-state index contributed by atoms with van der Waals surface area (Å²) in [6.07, 6.45) is 21.5. The van der Waals surface area contributed by atoms with E-state index in [1.165, 1.54) is 57.8 Å². The predicted molar refractivity (Wildman–Crippen MR) is 426 cm³/mol. The summed E-state index contributed by atoms with van der Waals surface area (Å²) in [5, 5.41) is 0. The van der Waals surface area contributed by atoms with Gasteiger partial charge in [0.25, 0.3) is 0 Å². The number of unbranched alkanes of at least 4 members (excludes halogenated alkanes) is 9. The second-order valence-electron chi connectivity index (χ2n) is 24.8. The smallest absolute Gasteiger partial charge is 0.338 e. The van der Waals surface area contributed by atoms with E-state index in [4.69, 9.17) is 123 Å². The van der Waals surface area contributed by atoms with Gasteiger partial charge in [0.15, 0.2) is 0 Å². The molecule has 0 amide bonds. The number of rotatable bonds is 89. The number of esters is 1. The highest BCUT2D eigenvalue weighted by molar-refractivity contribution is 5.89. The molecule has 3 aromatic rings. The van der Waals surface area contributed by atoms with E-state index in [-0.39, 0.29) is 13.2 Å². The highest BCUT2D eigenvalue weighted by Gasteiger charge is 2.08. The van der Waals surface area contributed by atoms with E-state index in [1.54, 1.807) is 19.2 Å². The highest BCUT2D eigenvalue weighted by atomic mass is 16.6. The minimum absolute atomic E-state index is 0.150. The first-order chi connectivity index (χ1) is 55.2. The highest BCUT2D eigenvalue weighted by Crippen LogP contribution is 2.18. The van der Waals surface area contributed by atoms with E-state index >= 15 is 0 Å². The van der Waals surface area contributed by atoms with Gasteiger partial charge in [-0.15, -0.1) is 0 Å². The van der Waals surface area contributed by atoms with Crippen LogP contribution in [0.3, 0.4) is 0 Å². The fraction of sp³-hybridized carbons (Fsp3) is 0.726. The molecule has 0 bridgehead atoms. The molecule has 0 fully saturated rings. The third-order valence-electron chi connectivity index (χ3n) is 15.7. The second kappa shape index (κ2) is 83.4. The maximum absolute atomic E-state index is 12.6. The second-order valence-corrected chi connectivity index (χ2v) is 24.8. The zero-order valence-corrected chi connectivity index (χ0v) is 67.5. The van der Waals surface area contributed by atoms with Gasteiger partial charge in [0.2, 0.25) is 0 Å². The monoisotopic (exact) mass is 1580 g/mol. The normalized spacial score (nSPS) is 11.8. The fourth-order valence-corrected chi connectivity index (χ4v) is 9.65. The van der Waals surface area contributed by atoms with E-state index in [2.05, 4.69) is 73.7 Å². The molecular weight excluding hydrogens is 1440 g/mol. The van der Waals surface area contributed by atoms with Crippen molar-refractivity contribution >= 4 is 30.3 Å². The van der Waals surface area contributed by atoms with Crippen LogP contribution in [0.5, 0.6) is 5.75 Å². The SMILES string of the molecule is CCCCCCCCCCCCOc1ccc(/C=C/c2ccc(/C=C/c3ccc(C(=O)OCCOCCOCCOCCOCCOCCOCCOCCOCCOCCOCCOCCOCCOCCOCCOCCOCCOCCOCCOCCOCCOCCOCCOCCOC)cc3)cc2)cc1. The van der Waals surface area contributed by atoms with Crippen molar-refractivity contribution in [1.82, 2.24) is 0 Å².